The van der Waals surface area contributed by atoms with E-state index in [4.69, 9.17) is 28.9 Å². The number of anilines is 1. The summed E-state index contributed by atoms with van der Waals surface area (Å²) in [6.45, 7) is 0.933. The van der Waals surface area contributed by atoms with Crippen LogP contribution < -0.4 is 11.1 Å². The lowest BCUT2D eigenvalue weighted by atomic mass is 10.1. The van der Waals surface area contributed by atoms with Crippen molar-refractivity contribution in [3.63, 3.8) is 0 Å². The highest BCUT2D eigenvalue weighted by Gasteiger charge is 2.23. The number of amides is 1. The first-order valence-corrected chi connectivity index (χ1v) is 7.07. The lowest BCUT2D eigenvalue weighted by Gasteiger charge is -2.33. The third kappa shape index (κ3) is 4.00. The summed E-state index contributed by atoms with van der Waals surface area (Å²) in [6, 6.07) is 5.12. The predicted octanol–water partition coefficient (Wildman–Crippen LogP) is 2.70. The number of nitrogens with one attached hydrogen (secondary N) is 1. The maximum atomic E-state index is 12.1. The Bertz CT molecular complexity index is 447. The van der Waals surface area contributed by atoms with Crippen molar-refractivity contribution in [1.29, 1.82) is 0 Å². The van der Waals surface area contributed by atoms with E-state index in [0.29, 0.717) is 10.0 Å². The van der Waals surface area contributed by atoms with E-state index in [-0.39, 0.29) is 18.6 Å². The normalized spacial score (nSPS) is 19.3. The average molecular weight is 302 g/mol. The lowest BCUT2D eigenvalue weighted by Crippen LogP contribution is -2.50. The second-order valence-electron chi connectivity index (χ2n) is 4.66. The Kier molecular flexibility index (Phi) is 4.91. The fourth-order valence-electron chi connectivity index (χ4n) is 2.20. The van der Waals surface area contributed by atoms with Crippen molar-refractivity contribution in [1.82, 2.24) is 4.90 Å². The van der Waals surface area contributed by atoms with Crippen LogP contribution in [0.15, 0.2) is 18.2 Å². The van der Waals surface area contributed by atoms with Gasteiger partial charge in [0.2, 0.25) is 5.91 Å². The van der Waals surface area contributed by atoms with Crippen LogP contribution >= 0.6 is 23.2 Å². The first-order valence-electron chi connectivity index (χ1n) is 6.31. The highest BCUT2D eigenvalue weighted by atomic mass is 35.5. The first kappa shape index (κ1) is 14.4. The van der Waals surface area contributed by atoms with Crippen LogP contribution in [0.1, 0.15) is 19.3 Å². The number of piperidine rings is 1. The molecule has 0 radical (unpaired) electrons. The predicted molar refractivity (Wildman–Crippen MR) is 78.5 cm³/mol. The molecule has 0 saturated carbocycles. The van der Waals surface area contributed by atoms with E-state index in [1.54, 1.807) is 23.1 Å². The molecule has 1 amide bonds. The minimum atomic E-state index is -0.161. The number of carbonyl (C=O) groups excluding carboxylic acids is 1. The van der Waals surface area contributed by atoms with Gasteiger partial charge in [0.25, 0.3) is 0 Å². The lowest BCUT2D eigenvalue weighted by molar-refractivity contribution is -0.132. The molecule has 104 valence electrons. The van der Waals surface area contributed by atoms with Gasteiger partial charge in [0.15, 0.2) is 0 Å². The number of hydrogen-bond donors (Lipinski definition) is 2. The van der Waals surface area contributed by atoms with E-state index in [1.807, 2.05) is 0 Å². The van der Waals surface area contributed by atoms with E-state index in [1.165, 1.54) is 0 Å². The van der Waals surface area contributed by atoms with Crippen LogP contribution in [0.4, 0.5) is 5.69 Å². The molecule has 0 aliphatic carbocycles. The molecule has 2 rings (SSSR count). The molecule has 1 aliphatic rings. The first-order chi connectivity index (χ1) is 9.06. The SMILES string of the molecule is NC1CCCCN1C(=O)CNc1cc(Cl)cc(Cl)c1. The smallest absolute Gasteiger partial charge is 0.243 e. The molecule has 1 saturated heterocycles. The van der Waals surface area contributed by atoms with Gasteiger partial charge in [-0.2, -0.15) is 0 Å². The van der Waals surface area contributed by atoms with Gasteiger partial charge < -0.3 is 16.0 Å². The Labute approximate surface area is 122 Å². The molecule has 1 aliphatic heterocycles. The number of likely N-dealkylation sites (tertiary alicyclic amines) is 1. The number of halogens is 2. The highest BCUT2D eigenvalue weighted by Crippen LogP contribution is 2.22. The number of hydrogen-bond acceptors (Lipinski definition) is 3. The molecule has 1 aromatic rings. The summed E-state index contributed by atoms with van der Waals surface area (Å²) in [7, 11) is 0. The summed E-state index contributed by atoms with van der Waals surface area (Å²) < 4.78 is 0. The van der Waals surface area contributed by atoms with E-state index in [2.05, 4.69) is 5.32 Å². The zero-order valence-corrected chi connectivity index (χ0v) is 12.0. The number of nitrogens with two attached hydrogens (primary N) is 1. The zero-order chi connectivity index (χ0) is 13.8. The van der Waals surface area contributed by atoms with Gasteiger partial charge in [-0.3, -0.25) is 4.79 Å². The van der Waals surface area contributed by atoms with Crippen molar-refractivity contribution in [2.45, 2.75) is 25.4 Å². The molecule has 0 bridgehead atoms. The fraction of sp³-hybridized carbons (Fsp3) is 0.462. The zero-order valence-electron chi connectivity index (χ0n) is 10.5. The monoisotopic (exact) mass is 301 g/mol. The van der Waals surface area contributed by atoms with Gasteiger partial charge in [-0.05, 0) is 37.5 Å². The average Bonchev–Trinajstić information content (AvgIpc) is 2.35. The summed E-state index contributed by atoms with van der Waals surface area (Å²) in [6.07, 6.45) is 2.81. The van der Waals surface area contributed by atoms with Gasteiger partial charge in [0.05, 0.1) is 12.7 Å². The number of nitrogens with zero attached hydrogens (tertiary/aromatic N) is 1. The van der Waals surface area contributed by atoms with E-state index in [9.17, 15) is 4.79 Å². The highest BCUT2D eigenvalue weighted by molar-refractivity contribution is 6.35. The Morgan fingerprint density at radius 1 is 1.32 bits per heavy atom. The van der Waals surface area contributed by atoms with Crippen molar-refractivity contribution >= 4 is 34.8 Å². The van der Waals surface area contributed by atoms with Crippen LogP contribution in [0.25, 0.3) is 0 Å². The van der Waals surface area contributed by atoms with E-state index >= 15 is 0 Å². The van der Waals surface area contributed by atoms with Gasteiger partial charge in [0.1, 0.15) is 0 Å². The summed E-state index contributed by atoms with van der Waals surface area (Å²) >= 11 is 11.8. The van der Waals surface area contributed by atoms with Crippen LogP contribution in [0, 0.1) is 0 Å². The molecule has 4 nitrogen and oxygen atoms in total. The standard InChI is InChI=1S/C13H17Cl2N3O/c14-9-5-10(15)7-11(6-9)17-8-13(19)18-4-2-1-3-12(18)16/h5-7,12,17H,1-4,8,16H2. The van der Waals surface area contributed by atoms with Crippen molar-refractivity contribution in [2.24, 2.45) is 5.73 Å². The minimum absolute atomic E-state index is 0.00305. The molecule has 1 aromatic carbocycles. The molecule has 1 atom stereocenters. The van der Waals surface area contributed by atoms with Crippen molar-refractivity contribution in [3.8, 4) is 0 Å². The van der Waals surface area contributed by atoms with Crippen molar-refractivity contribution in [2.75, 3.05) is 18.4 Å². The Hall–Kier alpha value is -0.970. The molecule has 1 fully saturated rings. The maximum absolute atomic E-state index is 12.1. The number of carbonyl (C=O) groups is 1. The van der Waals surface area contributed by atoms with Crippen molar-refractivity contribution in [3.05, 3.63) is 28.2 Å². The second kappa shape index (κ2) is 6.46. The molecule has 6 heteroatoms. The third-order valence-corrected chi connectivity index (χ3v) is 3.61. The molecular weight excluding hydrogens is 285 g/mol. The topological polar surface area (TPSA) is 58.4 Å². The van der Waals surface area contributed by atoms with Gasteiger partial charge in [-0.15, -0.1) is 0 Å². The van der Waals surface area contributed by atoms with Crippen molar-refractivity contribution < 1.29 is 4.79 Å². The number of benzene rings is 1. The minimum Gasteiger partial charge on any atom is -0.376 e. The Balaban J connectivity index is 1.92. The van der Waals surface area contributed by atoms with Crippen LogP contribution in [0.3, 0.4) is 0 Å². The summed E-state index contributed by atoms with van der Waals surface area (Å²) in [4.78, 5) is 13.8. The maximum Gasteiger partial charge on any atom is 0.243 e. The van der Waals surface area contributed by atoms with Crippen LogP contribution in [-0.4, -0.2) is 30.1 Å². The Morgan fingerprint density at radius 3 is 2.63 bits per heavy atom. The van der Waals surface area contributed by atoms with Crippen LogP contribution in [0.5, 0.6) is 0 Å². The fourth-order valence-corrected chi connectivity index (χ4v) is 2.73. The second-order valence-corrected chi connectivity index (χ2v) is 5.53. The summed E-state index contributed by atoms with van der Waals surface area (Å²) in [5.41, 5.74) is 6.66. The van der Waals surface area contributed by atoms with Gasteiger partial charge in [0, 0.05) is 22.3 Å². The summed E-state index contributed by atoms with van der Waals surface area (Å²) in [5, 5.41) is 4.11. The van der Waals surface area contributed by atoms with Crippen LogP contribution in [0.2, 0.25) is 10.0 Å². The third-order valence-electron chi connectivity index (χ3n) is 3.18. The molecule has 1 heterocycles. The quantitative estimate of drug-likeness (QED) is 0.902. The van der Waals surface area contributed by atoms with Gasteiger partial charge >= 0.3 is 0 Å². The molecule has 1 unspecified atom stereocenters. The number of rotatable bonds is 3. The molecule has 0 spiro atoms. The summed E-state index contributed by atoms with van der Waals surface area (Å²) in [5.74, 6) is 0.00305. The molecule has 3 N–H and O–H groups in total. The molecule has 19 heavy (non-hydrogen) atoms. The molecular formula is C13H17Cl2N3O. The van der Waals surface area contributed by atoms with E-state index < -0.39 is 0 Å². The Morgan fingerprint density at radius 2 is 2.00 bits per heavy atom. The van der Waals surface area contributed by atoms with Gasteiger partial charge in [-0.1, -0.05) is 23.2 Å². The van der Waals surface area contributed by atoms with Gasteiger partial charge in [-0.25, -0.2) is 0 Å². The van der Waals surface area contributed by atoms with E-state index in [0.717, 1.165) is 31.5 Å². The van der Waals surface area contributed by atoms with Crippen LogP contribution in [-0.2, 0) is 4.79 Å². The molecule has 0 aromatic heterocycles. The largest absolute Gasteiger partial charge is 0.376 e.